The Morgan fingerprint density at radius 2 is 1.11 bits per heavy atom. The van der Waals surface area contributed by atoms with Gasteiger partial charge in [0, 0.05) is 5.56 Å². The number of hydrogen-bond acceptors (Lipinski definition) is 10. The van der Waals surface area contributed by atoms with Crippen molar-refractivity contribution in [1.82, 2.24) is 0 Å². The van der Waals surface area contributed by atoms with Gasteiger partial charge in [0.1, 0.15) is 27.2 Å². The van der Waals surface area contributed by atoms with E-state index >= 15 is 0 Å². The monoisotopic (exact) mass is 406 g/mol. The molecule has 0 fully saturated rings. The average molecular weight is 406 g/mol. The van der Waals surface area contributed by atoms with E-state index in [1.165, 1.54) is 12.1 Å². The van der Waals surface area contributed by atoms with Gasteiger partial charge < -0.3 is 48.8 Å². The third kappa shape index (κ3) is 8.69. The molecule has 0 radical (unpaired) electrons. The first kappa shape index (κ1) is 23.9. The first-order valence-corrected chi connectivity index (χ1v) is 7.81. The Hall–Kier alpha value is -2.16. The van der Waals surface area contributed by atoms with Gasteiger partial charge in [0.25, 0.3) is 0 Å². The van der Waals surface area contributed by atoms with Crippen LogP contribution in [0.5, 0.6) is 0 Å². The third-order valence-electron chi connectivity index (χ3n) is 3.13. The lowest BCUT2D eigenvalue weighted by atomic mass is 9.98. The molecule has 0 spiro atoms. The van der Waals surface area contributed by atoms with Crippen LogP contribution in [-0.2, 0) is 41.6 Å². The zero-order valence-corrected chi connectivity index (χ0v) is 14.9. The van der Waals surface area contributed by atoms with Crippen LogP contribution in [0.1, 0.15) is 31.8 Å². The number of benzene rings is 1. The van der Waals surface area contributed by atoms with E-state index in [1.807, 2.05) is 0 Å². The van der Waals surface area contributed by atoms with Gasteiger partial charge >= 0.3 is 11.9 Å². The summed E-state index contributed by atoms with van der Waals surface area (Å²) in [6.45, 7) is -2.41. The van der Waals surface area contributed by atoms with E-state index in [9.17, 15) is 19.8 Å². The van der Waals surface area contributed by atoms with Gasteiger partial charge in [-0.25, -0.2) is 9.59 Å². The zero-order chi connectivity index (χ0) is 20.8. The van der Waals surface area contributed by atoms with Crippen molar-refractivity contribution in [2.45, 2.75) is 13.2 Å². The van der Waals surface area contributed by atoms with Crippen LogP contribution >= 0.6 is 0 Å². The van der Waals surface area contributed by atoms with Crippen LogP contribution in [-0.4, -0.2) is 73.1 Å². The highest BCUT2D eigenvalue weighted by molar-refractivity contribution is 5.97. The molecule has 12 nitrogen and oxygen atoms in total. The molecule has 0 heterocycles. The first-order chi connectivity index (χ1) is 13.5. The van der Waals surface area contributed by atoms with Crippen molar-refractivity contribution in [1.29, 1.82) is 0 Å². The number of carboxylic acids is 2. The van der Waals surface area contributed by atoms with Crippen molar-refractivity contribution in [3.05, 3.63) is 34.4 Å². The third-order valence-corrected chi connectivity index (χ3v) is 3.13. The van der Waals surface area contributed by atoms with Gasteiger partial charge in [-0.3, -0.25) is 0 Å². The van der Waals surface area contributed by atoms with Crippen molar-refractivity contribution in [2.75, 3.05) is 40.8 Å². The van der Waals surface area contributed by atoms with Crippen LogP contribution < -0.4 is 0 Å². The van der Waals surface area contributed by atoms with Gasteiger partial charge in [-0.1, -0.05) is 0 Å². The van der Waals surface area contributed by atoms with Gasteiger partial charge in [0.2, 0.25) is 0 Å². The normalized spacial score (nSPS) is 10.9. The second-order valence-electron chi connectivity index (χ2n) is 5.02. The number of aromatic carboxylic acids is 2. The van der Waals surface area contributed by atoms with Crippen LogP contribution in [0.2, 0.25) is 0 Å². The van der Waals surface area contributed by atoms with Crippen molar-refractivity contribution in [2.24, 2.45) is 0 Å². The highest BCUT2D eigenvalue weighted by Crippen LogP contribution is 2.21. The number of aliphatic hydroxyl groups is 2. The molecular weight excluding hydrogens is 384 g/mol. The topological polar surface area (TPSA) is 170 Å². The van der Waals surface area contributed by atoms with E-state index < -0.39 is 25.5 Å². The quantitative estimate of drug-likeness (QED) is 0.213. The molecule has 1 aromatic rings. The van der Waals surface area contributed by atoms with Crippen LogP contribution in [0.25, 0.3) is 0 Å². The number of aliphatic hydroxyl groups excluding tert-OH is 2. The lowest BCUT2D eigenvalue weighted by Crippen LogP contribution is -2.14. The lowest BCUT2D eigenvalue weighted by molar-refractivity contribution is -0.161. The molecule has 1 rings (SSSR count). The predicted octanol–water partition coefficient (Wildman–Crippen LogP) is -0.0878. The Morgan fingerprint density at radius 1 is 0.679 bits per heavy atom. The summed E-state index contributed by atoms with van der Waals surface area (Å²) in [7, 11) is 0. The molecule has 0 amide bonds. The smallest absolute Gasteiger partial charge is 0.336 e. The molecule has 0 atom stereocenters. The maximum atomic E-state index is 11.5. The summed E-state index contributed by atoms with van der Waals surface area (Å²) in [5, 5.41) is 35.7. The first-order valence-electron chi connectivity index (χ1n) is 7.81. The molecule has 0 aliphatic carbocycles. The summed E-state index contributed by atoms with van der Waals surface area (Å²) in [5.41, 5.74) is -0.245. The minimum Gasteiger partial charge on any atom is -0.478 e. The summed E-state index contributed by atoms with van der Waals surface area (Å²) in [6.07, 6.45) is 0. The summed E-state index contributed by atoms with van der Waals surface area (Å²) >= 11 is 0. The maximum Gasteiger partial charge on any atom is 0.336 e. The summed E-state index contributed by atoms with van der Waals surface area (Å²) in [6, 6.07) is 2.54. The van der Waals surface area contributed by atoms with Crippen LogP contribution in [0.4, 0.5) is 0 Å². The SMILES string of the molecule is O=C(O)c1cc(COCOCOCO)cc(C(=O)O)c1COCOCOCO. The number of ether oxygens (including phenoxy) is 6. The molecule has 0 saturated carbocycles. The van der Waals surface area contributed by atoms with Gasteiger partial charge in [0.15, 0.2) is 13.6 Å². The molecule has 0 aromatic heterocycles. The lowest BCUT2D eigenvalue weighted by Gasteiger charge is -2.14. The fourth-order valence-corrected chi connectivity index (χ4v) is 2.03. The molecule has 158 valence electrons. The van der Waals surface area contributed by atoms with Crippen molar-refractivity contribution in [3.63, 3.8) is 0 Å². The van der Waals surface area contributed by atoms with Gasteiger partial charge in [-0.2, -0.15) is 0 Å². The van der Waals surface area contributed by atoms with E-state index in [4.69, 9.17) is 29.2 Å². The Morgan fingerprint density at radius 3 is 1.54 bits per heavy atom. The van der Waals surface area contributed by atoms with E-state index in [0.29, 0.717) is 5.56 Å². The van der Waals surface area contributed by atoms with Crippen LogP contribution in [0, 0.1) is 0 Å². The Labute approximate surface area is 159 Å². The second-order valence-corrected chi connectivity index (χ2v) is 5.02. The maximum absolute atomic E-state index is 11.5. The molecule has 0 bridgehead atoms. The van der Waals surface area contributed by atoms with Crippen LogP contribution in [0.15, 0.2) is 12.1 Å². The number of carbonyl (C=O) groups is 2. The molecular formula is C16H22O12. The van der Waals surface area contributed by atoms with E-state index in [2.05, 4.69) is 9.47 Å². The van der Waals surface area contributed by atoms with E-state index in [-0.39, 0.29) is 57.1 Å². The van der Waals surface area contributed by atoms with Crippen molar-refractivity contribution < 1.29 is 58.4 Å². The summed E-state index contributed by atoms with van der Waals surface area (Å²) in [5.74, 6) is -2.67. The zero-order valence-electron chi connectivity index (χ0n) is 14.9. The van der Waals surface area contributed by atoms with Gasteiger partial charge in [0.05, 0.1) is 24.3 Å². The Bertz CT molecular complexity index is 583. The minimum absolute atomic E-state index is 0.0389. The summed E-state index contributed by atoms with van der Waals surface area (Å²) < 4.78 is 29.0. The highest BCUT2D eigenvalue weighted by Gasteiger charge is 2.20. The minimum atomic E-state index is -1.33. The standard InChI is InChI=1S/C16H22O12/c17-5-25-9-27-7-23-3-11-1-12(15(19)20)14(13(2-11)16(21)22)4-24-8-28-10-26-6-18/h1-2,17-18H,3-10H2,(H,19,20)(H,21,22). The Balaban J connectivity index is 2.78. The molecule has 1 aromatic carbocycles. The second kappa shape index (κ2) is 13.9. The van der Waals surface area contributed by atoms with E-state index in [1.54, 1.807) is 0 Å². The molecule has 0 aliphatic heterocycles. The molecule has 28 heavy (non-hydrogen) atoms. The molecule has 4 N–H and O–H groups in total. The van der Waals surface area contributed by atoms with Crippen molar-refractivity contribution in [3.8, 4) is 0 Å². The number of hydrogen-bond donors (Lipinski definition) is 4. The number of carboxylic acid groups (broad SMARTS) is 2. The molecule has 0 saturated heterocycles. The van der Waals surface area contributed by atoms with Crippen LogP contribution in [0.3, 0.4) is 0 Å². The summed E-state index contributed by atoms with van der Waals surface area (Å²) in [4.78, 5) is 23.1. The average Bonchev–Trinajstić information content (AvgIpc) is 2.67. The largest absolute Gasteiger partial charge is 0.478 e. The molecule has 12 heteroatoms. The Kier molecular flexibility index (Phi) is 11.9. The fourth-order valence-electron chi connectivity index (χ4n) is 2.03. The fraction of sp³-hybridized carbons (Fsp3) is 0.500. The predicted molar refractivity (Wildman–Crippen MR) is 87.9 cm³/mol. The van der Waals surface area contributed by atoms with Gasteiger partial charge in [-0.05, 0) is 17.7 Å². The van der Waals surface area contributed by atoms with Gasteiger partial charge in [-0.15, -0.1) is 0 Å². The molecule has 0 unspecified atom stereocenters. The van der Waals surface area contributed by atoms with E-state index in [0.717, 1.165) is 0 Å². The molecule has 0 aliphatic rings. The number of rotatable bonds is 16. The highest BCUT2D eigenvalue weighted by atomic mass is 16.8. The van der Waals surface area contributed by atoms with Crippen molar-refractivity contribution >= 4 is 11.9 Å².